The number of carbonyl (C=O) groups is 1. The number of halogens is 1. The van der Waals surface area contributed by atoms with Crippen LogP contribution in [0.2, 0.25) is 0 Å². The van der Waals surface area contributed by atoms with Crippen LogP contribution in [0.25, 0.3) is 10.8 Å². The molecule has 2 aromatic carbocycles. The van der Waals surface area contributed by atoms with Gasteiger partial charge in [0.05, 0.1) is 11.1 Å². The summed E-state index contributed by atoms with van der Waals surface area (Å²) in [4.78, 5) is 24.1. The Morgan fingerprint density at radius 2 is 1.79 bits per heavy atom. The first kappa shape index (κ1) is 16.1. The predicted molar refractivity (Wildman–Crippen MR) is 96.2 cm³/mol. The van der Waals surface area contributed by atoms with Crippen LogP contribution >= 0.6 is 15.9 Å². The average molecular weight is 385 g/mol. The number of aromatic amines is 1. The minimum atomic E-state index is -0.487. The summed E-state index contributed by atoms with van der Waals surface area (Å²) in [5.41, 5.74) is 3.81. The molecule has 1 aromatic heterocycles. The highest BCUT2D eigenvalue weighted by atomic mass is 79.9. The summed E-state index contributed by atoms with van der Waals surface area (Å²) in [5, 5.41) is 11.2. The highest BCUT2D eigenvalue weighted by Crippen LogP contribution is 2.13. The molecule has 0 saturated heterocycles. The molecule has 1 heterocycles. The number of carbonyl (C=O) groups excluding carboxylic acids is 1. The maximum Gasteiger partial charge on any atom is 0.292 e. The van der Waals surface area contributed by atoms with Crippen molar-refractivity contribution in [2.24, 2.45) is 5.10 Å². The quantitative estimate of drug-likeness (QED) is 0.537. The molecule has 6 nitrogen and oxygen atoms in total. The zero-order valence-corrected chi connectivity index (χ0v) is 14.3. The average Bonchev–Trinajstić information content (AvgIpc) is 2.60. The first-order valence-corrected chi connectivity index (χ1v) is 7.93. The maximum atomic E-state index is 12.3. The van der Waals surface area contributed by atoms with Crippen LogP contribution in [-0.4, -0.2) is 21.8 Å². The fourth-order valence-electron chi connectivity index (χ4n) is 2.23. The minimum absolute atomic E-state index is 0.123. The summed E-state index contributed by atoms with van der Waals surface area (Å²) in [7, 11) is 0. The van der Waals surface area contributed by atoms with Crippen molar-refractivity contribution >= 4 is 38.3 Å². The molecular weight excluding hydrogens is 372 g/mol. The number of benzene rings is 2. The van der Waals surface area contributed by atoms with E-state index >= 15 is 0 Å². The van der Waals surface area contributed by atoms with Crippen LogP contribution in [0.5, 0.6) is 0 Å². The lowest BCUT2D eigenvalue weighted by Gasteiger charge is -2.05. The molecule has 0 spiro atoms. The molecule has 3 aromatic rings. The van der Waals surface area contributed by atoms with E-state index in [0.29, 0.717) is 16.5 Å². The highest BCUT2D eigenvalue weighted by Gasteiger charge is 2.13. The lowest BCUT2D eigenvalue weighted by molar-refractivity contribution is 0.0950. The van der Waals surface area contributed by atoms with Gasteiger partial charge in [-0.2, -0.15) is 10.2 Å². The van der Waals surface area contributed by atoms with Gasteiger partial charge in [0.15, 0.2) is 5.69 Å². The lowest BCUT2D eigenvalue weighted by Crippen LogP contribution is -2.23. The summed E-state index contributed by atoms with van der Waals surface area (Å²) in [6.45, 7) is 1.79. The van der Waals surface area contributed by atoms with Gasteiger partial charge in [0, 0.05) is 9.86 Å². The van der Waals surface area contributed by atoms with Gasteiger partial charge in [0.1, 0.15) is 0 Å². The zero-order valence-electron chi connectivity index (χ0n) is 12.7. The van der Waals surface area contributed by atoms with Crippen molar-refractivity contribution in [2.45, 2.75) is 6.92 Å². The number of hydrogen-bond acceptors (Lipinski definition) is 4. The molecule has 0 fully saturated rings. The summed E-state index contributed by atoms with van der Waals surface area (Å²) in [6.07, 6.45) is 0. The number of fused-ring (bicyclic) bond motifs is 1. The van der Waals surface area contributed by atoms with E-state index in [4.69, 9.17) is 0 Å². The monoisotopic (exact) mass is 384 g/mol. The topological polar surface area (TPSA) is 87.2 Å². The zero-order chi connectivity index (χ0) is 17.1. The Morgan fingerprint density at radius 3 is 2.50 bits per heavy atom. The number of rotatable bonds is 3. The van der Waals surface area contributed by atoms with Gasteiger partial charge in [-0.15, -0.1) is 0 Å². The van der Waals surface area contributed by atoms with Crippen molar-refractivity contribution in [3.63, 3.8) is 0 Å². The second kappa shape index (κ2) is 6.76. The van der Waals surface area contributed by atoms with Gasteiger partial charge in [-0.1, -0.05) is 46.3 Å². The molecule has 24 heavy (non-hydrogen) atoms. The third kappa shape index (κ3) is 3.26. The van der Waals surface area contributed by atoms with Crippen LogP contribution < -0.4 is 11.0 Å². The van der Waals surface area contributed by atoms with E-state index in [1.807, 2.05) is 24.3 Å². The Kier molecular flexibility index (Phi) is 4.52. The van der Waals surface area contributed by atoms with E-state index in [-0.39, 0.29) is 11.3 Å². The largest absolute Gasteiger partial charge is 0.292 e. The number of H-pyrrole nitrogens is 1. The number of amides is 1. The van der Waals surface area contributed by atoms with E-state index in [2.05, 4.69) is 36.7 Å². The van der Waals surface area contributed by atoms with Crippen LogP contribution in [0.1, 0.15) is 23.0 Å². The van der Waals surface area contributed by atoms with Crippen molar-refractivity contribution in [1.29, 1.82) is 0 Å². The SMILES string of the molecule is C/C(=N/NC(=O)c1n[nH]c(=O)c2ccccc12)c1ccc(Br)cc1. The van der Waals surface area contributed by atoms with Crippen LogP contribution in [0, 0.1) is 0 Å². The second-order valence-corrected chi connectivity index (χ2v) is 6.01. The first-order valence-electron chi connectivity index (χ1n) is 7.14. The standard InChI is InChI=1S/C17H13BrN4O2/c1-10(11-6-8-12(18)9-7-11)19-22-17(24)15-13-4-2-3-5-14(13)16(23)21-20-15/h2-9H,1H3,(H,21,23)(H,22,24)/b19-10-. The molecule has 7 heteroatoms. The molecule has 2 N–H and O–H groups in total. The van der Waals surface area contributed by atoms with Crippen LogP contribution in [-0.2, 0) is 0 Å². The number of hydrazone groups is 1. The van der Waals surface area contributed by atoms with Crippen molar-refractivity contribution in [1.82, 2.24) is 15.6 Å². The summed E-state index contributed by atoms with van der Waals surface area (Å²) in [6, 6.07) is 14.4. The number of aromatic nitrogens is 2. The molecule has 0 radical (unpaired) electrons. The van der Waals surface area contributed by atoms with Gasteiger partial charge in [0.2, 0.25) is 0 Å². The van der Waals surface area contributed by atoms with E-state index in [9.17, 15) is 9.59 Å². The molecule has 0 unspecified atom stereocenters. The Bertz CT molecular complexity index is 993. The fourth-order valence-corrected chi connectivity index (χ4v) is 2.50. The van der Waals surface area contributed by atoms with Gasteiger partial charge in [0.25, 0.3) is 11.5 Å². The number of nitrogens with zero attached hydrogens (tertiary/aromatic N) is 2. The Balaban J connectivity index is 1.88. The number of nitrogens with one attached hydrogen (secondary N) is 2. The summed E-state index contributed by atoms with van der Waals surface area (Å²) < 4.78 is 0.965. The smallest absolute Gasteiger partial charge is 0.267 e. The van der Waals surface area contributed by atoms with E-state index < -0.39 is 5.91 Å². The molecule has 3 rings (SSSR count). The predicted octanol–water partition coefficient (Wildman–Crippen LogP) is 2.84. The molecule has 0 aliphatic rings. The highest BCUT2D eigenvalue weighted by molar-refractivity contribution is 9.10. The third-order valence-corrected chi connectivity index (χ3v) is 4.03. The van der Waals surface area contributed by atoms with Crippen molar-refractivity contribution in [3.8, 4) is 0 Å². The molecule has 0 bridgehead atoms. The lowest BCUT2D eigenvalue weighted by atomic mass is 10.1. The molecular formula is C17H13BrN4O2. The van der Waals surface area contributed by atoms with Crippen molar-refractivity contribution in [3.05, 3.63) is 74.6 Å². The third-order valence-electron chi connectivity index (χ3n) is 3.50. The first-order chi connectivity index (χ1) is 11.6. The molecule has 0 aliphatic heterocycles. The van der Waals surface area contributed by atoms with E-state index in [1.54, 1.807) is 31.2 Å². The minimum Gasteiger partial charge on any atom is -0.267 e. The second-order valence-electron chi connectivity index (χ2n) is 5.09. The molecule has 0 aliphatic carbocycles. The van der Waals surface area contributed by atoms with Gasteiger partial charge in [-0.05, 0) is 30.7 Å². The molecule has 0 atom stereocenters. The van der Waals surface area contributed by atoms with Gasteiger partial charge in [-0.3, -0.25) is 9.59 Å². The Labute approximate surface area is 145 Å². The molecule has 0 saturated carbocycles. The van der Waals surface area contributed by atoms with E-state index in [0.717, 1.165) is 10.0 Å². The Morgan fingerprint density at radius 1 is 1.12 bits per heavy atom. The van der Waals surface area contributed by atoms with Crippen molar-refractivity contribution in [2.75, 3.05) is 0 Å². The van der Waals surface area contributed by atoms with Crippen LogP contribution in [0.3, 0.4) is 0 Å². The van der Waals surface area contributed by atoms with Crippen LogP contribution in [0.4, 0.5) is 0 Å². The summed E-state index contributed by atoms with van der Waals surface area (Å²) >= 11 is 3.37. The van der Waals surface area contributed by atoms with Crippen LogP contribution in [0.15, 0.2) is 62.9 Å². The van der Waals surface area contributed by atoms with Crippen molar-refractivity contribution < 1.29 is 4.79 Å². The normalized spacial score (nSPS) is 11.5. The summed E-state index contributed by atoms with van der Waals surface area (Å²) in [5.74, 6) is -0.487. The van der Waals surface area contributed by atoms with Gasteiger partial charge < -0.3 is 0 Å². The van der Waals surface area contributed by atoms with Gasteiger partial charge >= 0.3 is 0 Å². The Hall–Kier alpha value is -2.80. The van der Waals surface area contributed by atoms with Gasteiger partial charge in [-0.25, -0.2) is 10.5 Å². The molecule has 120 valence electrons. The molecule has 1 amide bonds. The number of hydrogen-bond donors (Lipinski definition) is 2. The maximum absolute atomic E-state index is 12.3. The van der Waals surface area contributed by atoms with E-state index in [1.165, 1.54) is 0 Å². The fraction of sp³-hybridized carbons (Fsp3) is 0.0588.